The maximum atomic E-state index is 5.98. The van der Waals surface area contributed by atoms with Gasteiger partial charge in [0.05, 0.1) is 13.1 Å². The molecule has 0 saturated carbocycles. The van der Waals surface area contributed by atoms with Gasteiger partial charge in [0.15, 0.2) is 0 Å². The van der Waals surface area contributed by atoms with Crippen LogP contribution in [0.25, 0.3) is 0 Å². The lowest BCUT2D eigenvalue weighted by atomic mass is 10.2. The van der Waals surface area contributed by atoms with E-state index in [0.29, 0.717) is 0 Å². The maximum absolute atomic E-state index is 5.98. The number of thioether (sulfide) groups is 1. The van der Waals surface area contributed by atoms with Gasteiger partial charge in [-0.2, -0.15) is 11.8 Å². The molecular formula is C15H26N2OS. The van der Waals surface area contributed by atoms with Crippen LogP contribution in [0.15, 0.2) is 10.5 Å². The highest BCUT2D eigenvalue weighted by Gasteiger charge is 2.21. The van der Waals surface area contributed by atoms with Crippen LogP contribution in [0.2, 0.25) is 0 Å². The van der Waals surface area contributed by atoms with E-state index >= 15 is 0 Å². The Labute approximate surface area is 121 Å². The lowest BCUT2D eigenvalue weighted by molar-refractivity contribution is 0.231. The maximum Gasteiger partial charge on any atom is 0.120 e. The van der Waals surface area contributed by atoms with Crippen LogP contribution >= 0.6 is 11.8 Å². The van der Waals surface area contributed by atoms with E-state index in [2.05, 4.69) is 48.9 Å². The second kappa shape index (κ2) is 7.36. The van der Waals surface area contributed by atoms with Crippen molar-refractivity contribution in [2.24, 2.45) is 0 Å². The Morgan fingerprint density at radius 3 is 3.05 bits per heavy atom. The molecule has 19 heavy (non-hydrogen) atoms. The van der Waals surface area contributed by atoms with Crippen LogP contribution in [-0.4, -0.2) is 36.0 Å². The van der Waals surface area contributed by atoms with Crippen LogP contribution < -0.4 is 5.32 Å². The molecule has 4 heteroatoms. The van der Waals surface area contributed by atoms with Crippen molar-refractivity contribution in [3.8, 4) is 0 Å². The predicted octanol–water partition coefficient (Wildman–Crippen LogP) is 3.02. The SMILES string of the molecule is CCCNCc1oc(CN(C)C2CCSC2)cc1C. The molecule has 0 bridgehead atoms. The van der Waals surface area contributed by atoms with Gasteiger partial charge in [0, 0.05) is 11.8 Å². The summed E-state index contributed by atoms with van der Waals surface area (Å²) >= 11 is 2.06. The quantitative estimate of drug-likeness (QED) is 0.778. The third-order valence-electron chi connectivity index (χ3n) is 3.72. The minimum Gasteiger partial charge on any atom is -0.463 e. The van der Waals surface area contributed by atoms with Crippen LogP contribution in [-0.2, 0) is 13.1 Å². The minimum absolute atomic E-state index is 0.720. The number of furan rings is 1. The van der Waals surface area contributed by atoms with Gasteiger partial charge >= 0.3 is 0 Å². The monoisotopic (exact) mass is 282 g/mol. The molecule has 3 nitrogen and oxygen atoms in total. The van der Waals surface area contributed by atoms with Crippen LogP contribution in [0.1, 0.15) is 36.8 Å². The smallest absolute Gasteiger partial charge is 0.120 e. The summed E-state index contributed by atoms with van der Waals surface area (Å²) in [6, 6.07) is 2.92. The highest BCUT2D eigenvalue weighted by Crippen LogP contribution is 2.23. The molecule has 2 heterocycles. The zero-order valence-corrected chi connectivity index (χ0v) is 13.2. The lowest BCUT2D eigenvalue weighted by Crippen LogP contribution is -2.30. The van der Waals surface area contributed by atoms with Crippen LogP contribution in [0.5, 0.6) is 0 Å². The van der Waals surface area contributed by atoms with Gasteiger partial charge in [0.2, 0.25) is 0 Å². The Morgan fingerprint density at radius 2 is 2.37 bits per heavy atom. The van der Waals surface area contributed by atoms with E-state index in [1.165, 1.54) is 23.5 Å². The summed E-state index contributed by atoms with van der Waals surface area (Å²) in [5.74, 6) is 4.77. The van der Waals surface area contributed by atoms with Gasteiger partial charge < -0.3 is 9.73 Å². The zero-order valence-electron chi connectivity index (χ0n) is 12.4. The predicted molar refractivity (Wildman–Crippen MR) is 82.6 cm³/mol. The average Bonchev–Trinajstić information content (AvgIpc) is 3.00. The average molecular weight is 282 g/mol. The number of aryl methyl sites for hydroxylation is 1. The Morgan fingerprint density at radius 1 is 1.53 bits per heavy atom. The molecule has 108 valence electrons. The van der Waals surface area contributed by atoms with E-state index in [1.54, 1.807) is 0 Å². The summed E-state index contributed by atoms with van der Waals surface area (Å²) in [6.07, 6.45) is 2.47. The van der Waals surface area contributed by atoms with Crippen LogP contribution in [0.4, 0.5) is 0 Å². The molecule has 1 aliphatic heterocycles. The van der Waals surface area contributed by atoms with Crippen molar-refractivity contribution >= 4 is 11.8 Å². The van der Waals surface area contributed by atoms with Crippen molar-refractivity contribution in [3.05, 3.63) is 23.2 Å². The highest BCUT2D eigenvalue weighted by molar-refractivity contribution is 7.99. The number of nitrogens with zero attached hydrogens (tertiary/aromatic N) is 1. The van der Waals surface area contributed by atoms with Crippen molar-refractivity contribution in [1.29, 1.82) is 0 Å². The molecule has 1 aliphatic rings. The zero-order chi connectivity index (χ0) is 13.7. The molecule has 0 amide bonds. The van der Waals surface area contributed by atoms with Crippen molar-refractivity contribution in [2.75, 3.05) is 25.1 Å². The Balaban J connectivity index is 1.87. The first-order chi connectivity index (χ1) is 9.20. The first-order valence-electron chi connectivity index (χ1n) is 7.27. The molecule has 1 fully saturated rings. The number of hydrogen-bond acceptors (Lipinski definition) is 4. The summed E-state index contributed by atoms with van der Waals surface area (Å²) < 4.78 is 5.98. The molecule has 0 spiro atoms. The summed E-state index contributed by atoms with van der Waals surface area (Å²) in [7, 11) is 2.21. The van der Waals surface area contributed by atoms with Crippen molar-refractivity contribution < 1.29 is 4.42 Å². The van der Waals surface area contributed by atoms with Crippen molar-refractivity contribution in [2.45, 2.75) is 45.8 Å². The van der Waals surface area contributed by atoms with E-state index in [0.717, 1.165) is 43.6 Å². The summed E-state index contributed by atoms with van der Waals surface area (Å²) in [5.41, 5.74) is 1.27. The molecule has 1 N–H and O–H groups in total. The van der Waals surface area contributed by atoms with Gasteiger partial charge in [-0.3, -0.25) is 4.90 Å². The molecule has 2 rings (SSSR count). The first-order valence-corrected chi connectivity index (χ1v) is 8.43. The molecule has 1 aromatic heterocycles. The standard InChI is InChI=1S/C15H26N2OS/c1-4-6-16-9-15-12(2)8-14(18-15)10-17(3)13-5-7-19-11-13/h8,13,16H,4-7,9-11H2,1-3H3. The first kappa shape index (κ1) is 14.9. The fourth-order valence-corrected chi connectivity index (χ4v) is 3.77. The second-order valence-electron chi connectivity index (χ2n) is 5.43. The Hall–Kier alpha value is -0.450. The van der Waals surface area contributed by atoms with E-state index in [4.69, 9.17) is 4.42 Å². The molecule has 0 aliphatic carbocycles. The van der Waals surface area contributed by atoms with E-state index in [1.807, 2.05) is 0 Å². The molecule has 1 saturated heterocycles. The topological polar surface area (TPSA) is 28.4 Å². The van der Waals surface area contributed by atoms with Gasteiger partial charge in [-0.15, -0.1) is 0 Å². The van der Waals surface area contributed by atoms with Gasteiger partial charge in [-0.05, 0) is 50.7 Å². The number of hydrogen-bond donors (Lipinski definition) is 1. The van der Waals surface area contributed by atoms with E-state index in [-0.39, 0.29) is 0 Å². The molecular weight excluding hydrogens is 256 g/mol. The number of nitrogens with one attached hydrogen (secondary N) is 1. The normalized spacial score (nSPS) is 19.5. The highest BCUT2D eigenvalue weighted by atomic mass is 32.2. The van der Waals surface area contributed by atoms with Gasteiger partial charge in [0.1, 0.15) is 11.5 Å². The van der Waals surface area contributed by atoms with Gasteiger partial charge in [-0.1, -0.05) is 6.92 Å². The largest absolute Gasteiger partial charge is 0.463 e. The van der Waals surface area contributed by atoms with Crippen LogP contribution in [0, 0.1) is 6.92 Å². The Kier molecular flexibility index (Phi) is 5.79. The third kappa shape index (κ3) is 4.26. The number of rotatable bonds is 7. The third-order valence-corrected chi connectivity index (χ3v) is 4.86. The second-order valence-corrected chi connectivity index (χ2v) is 6.58. The van der Waals surface area contributed by atoms with Crippen molar-refractivity contribution in [3.63, 3.8) is 0 Å². The fourth-order valence-electron chi connectivity index (χ4n) is 2.47. The summed E-state index contributed by atoms with van der Waals surface area (Å²) in [4.78, 5) is 2.43. The van der Waals surface area contributed by atoms with Crippen molar-refractivity contribution in [1.82, 2.24) is 10.2 Å². The minimum atomic E-state index is 0.720. The molecule has 0 radical (unpaired) electrons. The molecule has 0 aromatic carbocycles. The fraction of sp³-hybridized carbons (Fsp3) is 0.733. The summed E-state index contributed by atoms with van der Waals surface area (Å²) in [5, 5.41) is 3.40. The van der Waals surface area contributed by atoms with Crippen LogP contribution in [0.3, 0.4) is 0 Å². The lowest BCUT2D eigenvalue weighted by Gasteiger charge is -2.22. The summed E-state index contributed by atoms with van der Waals surface area (Å²) in [6.45, 7) is 7.15. The molecule has 1 aromatic rings. The Bertz CT molecular complexity index is 385. The molecule has 1 unspecified atom stereocenters. The van der Waals surface area contributed by atoms with Gasteiger partial charge in [0.25, 0.3) is 0 Å². The van der Waals surface area contributed by atoms with E-state index in [9.17, 15) is 0 Å². The van der Waals surface area contributed by atoms with E-state index < -0.39 is 0 Å². The van der Waals surface area contributed by atoms with Gasteiger partial charge in [-0.25, -0.2) is 0 Å². The molecule has 1 atom stereocenters.